The molecule has 8 nitrogen and oxygen atoms in total. The van der Waals surface area contributed by atoms with Crippen molar-refractivity contribution in [3.63, 3.8) is 0 Å². The molecule has 208 valence electrons. The Morgan fingerprint density at radius 3 is 2.66 bits per heavy atom. The molecular weight excluding hydrogens is 483 g/mol. The predicted molar refractivity (Wildman–Crippen MR) is 150 cm³/mol. The summed E-state index contributed by atoms with van der Waals surface area (Å²) in [6.45, 7) is 12.6. The third kappa shape index (κ3) is 6.17. The fourth-order valence-corrected chi connectivity index (χ4v) is 5.92. The summed E-state index contributed by atoms with van der Waals surface area (Å²) in [5.41, 5.74) is 2.72. The van der Waals surface area contributed by atoms with Crippen LogP contribution >= 0.6 is 0 Å². The molecule has 4 rings (SSSR count). The lowest BCUT2D eigenvalue weighted by atomic mass is 9.90. The van der Waals surface area contributed by atoms with Gasteiger partial charge in [0.25, 0.3) is 5.56 Å². The lowest BCUT2D eigenvalue weighted by Gasteiger charge is -2.40. The van der Waals surface area contributed by atoms with Crippen molar-refractivity contribution in [2.24, 2.45) is 7.05 Å². The Hall–Kier alpha value is -2.59. The van der Waals surface area contributed by atoms with Crippen LogP contribution in [0, 0.1) is 5.82 Å². The van der Waals surface area contributed by atoms with Crippen molar-refractivity contribution in [1.29, 1.82) is 0 Å². The summed E-state index contributed by atoms with van der Waals surface area (Å²) >= 11 is 0. The highest BCUT2D eigenvalue weighted by atomic mass is 19.1. The number of hydrogen-bond donors (Lipinski definition) is 3. The number of nitrogens with zero attached hydrogens (tertiary/aromatic N) is 3. The molecule has 1 aromatic heterocycles. The second-order valence-electron chi connectivity index (χ2n) is 11.7. The molecule has 0 bridgehead atoms. The summed E-state index contributed by atoms with van der Waals surface area (Å²) in [7, 11) is 3.74. The summed E-state index contributed by atoms with van der Waals surface area (Å²) in [6, 6.07) is 8.95. The molecule has 0 saturated carbocycles. The number of likely N-dealkylation sites (N-methyl/N-ethyl adjacent to an activating group) is 1. The van der Waals surface area contributed by atoms with Crippen LogP contribution in [-0.4, -0.2) is 79.8 Å². The van der Waals surface area contributed by atoms with Crippen molar-refractivity contribution in [2.75, 3.05) is 51.2 Å². The standard InChI is InChI=1S/C29H43FN6O2/c1-19(13-31-5)32-14-24-15-33-20(2)16-35(24)17-26(37)36-18-29(3,4)27-25(36)12-22(28(38)34(27)6)11-21-7-9-23(30)10-8-21/h7-10,12,19-20,24,31-33H,11,13-18H2,1-6H3/t19-,20-,24+/m1/s1. The SMILES string of the molecule is CNC[C@@H](C)NC[C@H]1CN[C@H](C)CN1CC(=O)N1CC(C)(C)c2c1cc(Cc1ccc(F)cc1)c(=O)n2C. The Morgan fingerprint density at radius 1 is 1.26 bits per heavy atom. The Labute approximate surface area is 225 Å². The van der Waals surface area contributed by atoms with Gasteiger partial charge in [-0.05, 0) is 44.7 Å². The first-order valence-corrected chi connectivity index (χ1v) is 13.6. The normalized spacial score (nSPS) is 21.9. The van der Waals surface area contributed by atoms with Gasteiger partial charge in [0.1, 0.15) is 5.82 Å². The number of rotatable bonds is 9. The van der Waals surface area contributed by atoms with Crippen molar-refractivity contribution in [2.45, 2.75) is 57.7 Å². The number of fused-ring (bicyclic) bond motifs is 1. The molecule has 3 heterocycles. The number of anilines is 1. The molecule has 38 heavy (non-hydrogen) atoms. The minimum Gasteiger partial charge on any atom is -0.318 e. The molecule has 3 N–H and O–H groups in total. The number of aromatic nitrogens is 1. The summed E-state index contributed by atoms with van der Waals surface area (Å²) in [5.74, 6) is -0.257. The molecule has 2 aliphatic rings. The molecule has 2 aromatic rings. The minimum absolute atomic E-state index is 0.0468. The molecule has 1 aromatic carbocycles. The number of carbonyl (C=O) groups excluding carboxylic acids is 1. The van der Waals surface area contributed by atoms with E-state index in [4.69, 9.17) is 0 Å². The van der Waals surface area contributed by atoms with E-state index >= 15 is 0 Å². The van der Waals surface area contributed by atoms with Crippen LogP contribution in [0.4, 0.5) is 10.1 Å². The van der Waals surface area contributed by atoms with E-state index in [1.54, 1.807) is 23.7 Å². The average Bonchev–Trinajstić information content (AvgIpc) is 3.13. The number of amides is 1. The van der Waals surface area contributed by atoms with E-state index in [1.165, 1.54) is 12.1 Å². The van der Waals surface area contributed by atoms with E-state index in [0.29, 0.717) is 37.2 Å². The third-order valence-corrected chi connectivity index (χ3v) is 7.84. The van der Waals surface area contributed by atoms with Crippen molar-refractivity contribution >= 4 is 11.6 Å². The molecule has 0 unspecified atom stereocenters. The highest BCUT2D eigenvalue weighted by Gasteiger charge is 2.41. The second-order valence-corrected chi connectivity index (χ2v) is 11.7. The van der Waals surface area contributed by atoms with Gasteiger partial charge in [-0.3, -0.25) is 14.5 Å². The van der Waals surface area contributed by atoms with E-state index < -0.39 is 0 Å². The average molecular weight is 527 g/mol. The largest absolute Gasteiger partial charge is 0.318 e. The first-order valence-electron chi connectivity index (χ1n) is 13.6. The maximum absolute atomic E-state index is 13.9. The zero-order valence-corrected chi connectivity index (χ0v) is 23.6. The molecule has 0 spiro atoms. The van der Waals surface area contributed by atoms with Gasteiger partial charge in [0, 0.05) is 75.3 Å². The number of hydrogen-bond acceptors (Lipinski definition) is 6. The number of benzene rings is 1. The lowest BCUT2D eigenvalue weighted by Crippen LogP contribution is -2.61. The number of pyridine rings is 1. The van der Waals surface area contributed by atoms with Gasteiger partial charge in [0.2, 0.25) is 5.91 Å². The molecule has 0 radical (unpaired) electrons. The van der Waals surface area contributed by atoms with E-state index in [2.05, 4.69) is 48.5 Å². The molecule has 1 saturated heterocycles. The van der Waals surface area contributed by atoms with Gasteiger partial charge in [-0.2, -0.15) is 0 Å². The molecule has 2 aliphatic heterocycles. The number of nitrogens with one attached hydrogen (secondary N) is 3. The summed E-state index contributed by atoms with van der Waals surface area (Å²) in [4.78, 5) is 31.3. The second kappa shape index (κ2) is 11.7. The van der Waals surface area contributed by atoms with Crippen LogP contribution in [0.1, 0.15) is 44.5 Å². The van der Waals surface area contributed by atoms with Crippen LogP contribution in [0.5, 0.6) is 0 Å². The van der Waals surface area contributed by atoms with E-state index in [-0.39, 0.29) is 28.7 Å². The van der Waals surface area contributed by atoms with Crippen molar-refractivity contribution in [1.82, 2.24) is 25.4 Å². The smallest absolute Gasteiger partial charge is 0.254 e. The Balaban J connectivity index is 1.58. The van der Waals surface area contributed by atoms with Gasteiger partial charge in [0.05, 0.1) is 17.9 Å². The van der Waals surface area contributed by atoms with Crippen LogP contribution in [-0.2, 0) is 23.7 Å². The molecular formula is C29H43FN6O2. The Kier molecular flexibility index (Phi) is 8.72. The first kappa shape index (κ1) is 28.4. The fourth-order valence-electron chi connectivity index (χ4n) is 5.92. The van der Waals surface area contributed by atoms with Crippen LogP contribution in [0.3, 0.4) is 0 Å². The Morgan fingerprint density at radius 2 is 1.97 bits per heavy atom. The minimum atomic E-state index is -0.354. The van der Waals surface area contributed by atoms with Crippen molar-refractivity contribution in [3.8, 4) is 0 Å². The fraction of sp³-hybridized carbons (Fsp3) is 0.586. The highest BCUT2D eigenvalue weighted by molar-refractivity contribution is 5.97. The van der Waals surface area contributed by atoms with Gasteiger partial charge in [-0.1, -0.05) is 26.0 Å². The van der Waals surface area contributed by atoms with Gasteiger partial charge in [-0.15, -0.1) is 0 Å². The topological polar surface area (TPSA) is 81.6 Å². The van der Waals surface area contributed by atoms with Crippen molar-refractivity contribution in [3.05, 3.63) is 63.3 Å². The highest BCUT2D eigenvalue weighted by Crippen LogP contribution is 2.40. The van der Waals surface area contributed by atoms with Crippen LogP contribution in [0.25, 0.3) is 0 Å². The maximum atomic E-state index is 13.9. The van der Waals surface area contributed by atoms with E-state index in [1.807, 2.05) is 18.0 Å². The number of halogens is 1. The molecule has 1 amide bonds. The quantitative estimate of drug-likeness (QED) is 0.461. The van der Waals surface area contributed by atoms with Crippen LogP contribution in [0.2, 0.25) is 0 Å². The summed E-state index contributed by atoms with van der Waals surface area (Å²) < 4.78 is 15.1. The maximum Gasteiger partial charge on any atom is 0.254 e. The monoisotopic (exact) mass is 526 g/mol. The van der Waals surface area contributed by atoms with E-state index in [9.17, 15) is 14.0 Å². The summed E-state index contributed by atoms with van der Waals surface area (Å²) in [6.07, 6.45) is 0.385. The molecule has 3 atom stereocenters. The lowest BCUT2D eigenvalue weighted by molar-refractivity contribution is -0.120. The Bertz CT molecular complexity index is 1190. The van der Waals surface area contributed by atoms with Gasteiger partial charge in [0.15, 0.2) is 0 Å². The molecule has 0 aliphatic carbocycles. The predicted octanol–water partition coefficient (Wildman–Crippen LogP) is 1.60. The molecule has 1 fully saturated rings. The zero-order valence-electron chi connectivity index (χ0n) is 23.6. The number of piperazine rings is 1. The van der Waals surface area contributed by atoms with E-state index in [0.717, 1.165) is 43.1 Å². The van der Waals surface area contributed by atoms with Gasteiger partial charge < -0.3 is 25.4 Å². The molecule has 9 heteroatoms. The van der Waals surface area contributed by atoms with Crippen molar-refractivity contribution < 1.29 is 9.18 Å². The first-order chi connectivity index (χ1) is 18.0. The number of carbonyl (C=O) groups is 1. The van der Waals surface area contributed by atoms with Gasteiger partial charge in [-0.25, -0.2) is 4.39 Å². The third-order valence-electron chi connectivity index (χ3n) is 7.84. The van der Waals surface area contributed by atoms with Gasteiger partial charge >= 0.3 is 0 Å². The zero-order chi connectivity index (χ0) is 27.6. The van der Waals surface area contributed by atoms with Crippen LogP contribution in [0.15, 0.2) is 35.1 Å². The van der Waals surface area contributed by atoms with Crippen LogP contribution < -0.4 is 26.4 Å². The summed E-state index contributed by atoms with van der Waals surface area (Å²) in [5, 5.41) is 10.3.